The molecular weight excluding hydrogens is 2480 g/mol. The van der Waals surface area contributed by atoms with Crippen LogP contribution in [0.5, 0.6) is 0 Å². The van der Waals surface area contributed by atoms with Crippen molar-refractivity contribution in [3.63, 3.8) is 0 Å². The first-order valence-corrected chi connectivity index (χ1v) is 47.7. The Kier molecular flexibility index (Phi) is 44.1. The number of rotatable bonds is 13. The molecule has 730 valence electrons. The van der Waals surface area contributed by atoms with Crippen molar-refractivity contribution in [2.45, 2.75) is 133 Å². The predicted molar refractivity (Wildman–Crippen MR) is 582 cm³/mol. The maximum absolute atomic E-state index is 10.0. The van der Waals surface area contributed by atoms with E-state index >= 15 is 0 Å². The van der Waals surface area contributed by atoms with Crippen LogP contribution < -0.4 is 0 Å². The number of ketones is 1. The monoisotopic (exact) mass is 2600 g/mol. The minimum absolute atomic E-state index is 0. The second-order valence-electron chi connectivity index (χ2n) is 37.5. The molecule has 8 aromatic heterocycles. The average molecular weight is 2600 g/mol. The first-order chi connectivity index (χ1) is 67.0. The van der Waals surface area contributed by atoms with Crippen LogP contribution in [0.2, 0.25) is 0 Å². The van der Waals surface area contributed by atoms with Crippen LogP contribution in [-0.2, 0) is 108 Å². The van der Waals surface area contributed by atoms with E-state index in [9.17, 15) is 4.79 Å². The zero-order chi connectivity index (χ0) is 98.3. The number of aliphatic hydroxyl groups is 1. The van der Waals surface area contributed by atoms with Gasteiger partial charge in [-0.1, -0.05) is 275 Å². The normalized spacial score (nSPS) is 10.8. The molecule has 0 spiro atoms. The quantitative estimate of drug-likeness (QED) is 0.0682. The van der Waals surface area contributed by atoms with Gasteiger partial charge in [-0.2, -0.15) is 11.3 Å². The van der Waals surface area contributed by atoms with E-state index in [-0.39, 0.29) is 108 Å². The molecule has 20 rings (SSSR count). The van der Waals surface area contributed by atoms with Crippen LogP contribution in [0.15, 0.2) is 407 Å². The maximum atomic E-state index is 10.0. The van der Waals surface area contributed by atoms with Crippen molar-refractivity contribution in [3.05, 3.63) is 488 Å². The van der Waals surface area contributed by atoms with Crippen LogP contribution in [0.3, 0.4) is 0 Å². The summed E-state index contributed by atoms with van der Waals surface area (Å²) in [5.74, 6) is 0.529. The Morgan fingerprint density at radius 3 is 1.06 bits per heavy atom. The molecule has 0 saturated carbocycles. The molecule has 0 aliphatic heterocycles. The van der Waals surface area contributed by atoms with E-state index in [1.54, 1.807) is 0 Å². The molecule has 0 amide bonds. The minimum Gasteiger partial charge on any atom is -0.512 e. The number of pyridine rings is 7. The van der Waals surface area contributed by atoms with Gasteiger partial charge in [-0.25, -0.2) is 0 Å². The topological polar surface area (TPSA) is 128 Å². The fourth-order valence-electron chi connectivity index (χ4n) is 15.0. The molecule has 20 aromatic rings. The van der Waals surface area contributed by atoms with Crippen molar-refractivity contribution in [1.29, 1.82) is 0 Å². The van der Waals surface area contributed by atoms with Crippen molar-refractivity contribution in [2.75, 3.05) is 0 Å². The largest absolute Gasteiger partial charge is 0.512 e. The molecule has 143 heavy (non-hydrogen) atoms. The first-order valence-electron chi connectivity index (χ1n) is 46.9. The zero-order valence-corrected chi connectivity index (χ0v) is 94.0. The smallest absolute Gasteiger partial charge is 0.155 e. The number of carbonyl (C=O) groups is 1. The van der Waals surface area contributed by atoms with Crippen molar-refractivity contribution in [1.82, 2.24) is 34.9 Å². The third-order valence-electron chi connectivity index (χ3n) is 22.6. The molecule has 0 fully saturated rings. The Hall–Kier alpha value is -13.0. The van der Waals surface area contributed by atoms with Gasteiger partial charge in [0.2, 0.25) is 0 Å². The molecular formula is C129H118Ir4N7O2S-7. The number of benzene rings is 12. The van der Waals surface area contributed by atoms with Crippen LogP contribution in [0.1, 0.15) is 129 Å². The summed E-state index contributed by atoms with van der Waals surface area (Å²) in [6, 6.07) is 145. The van der Waals surface area contributed by atoms with E-state index in [0.29, 0.717) is 5.92 Å². The van der Waals surface area contributed by atoms with Gasteiger partial charge in [0, 0.05) is 134 Å². The summed E-state index contributed by atoms with van der Waals surface area (Å²) in [7, 11) is 0. The number of allylic oxidation sites excluding steroid dienone is 2. The zero-order valence-electron chi connectivity index (χ0n) is 83.6. The molecule has 0 saturated heterocycles. The number of thiophene rings is 1. The molecule has 14 heteroatoms. The molecule has 0 unspecified atom stereocenters. The molecule has 1 N–H and O–H groups in total. The van der Waals surface area contributed by atoms with E-state index in [0.717, 1.165) is 90.7 Å². The van der Waals surface area contributed by atoms with Crippen LogP contribution in [0.4, 0.5) is 0 Å². The molecule has 0 aliphatic carbocycles. The van der Waals surface area contributed by atoms with Crippen LogP contribution in [0.25, 0.3) is 143 Å². The number of aliphatic hydroxyl groups excluding tert-OH is 1. The number of aromatic nitrogens is 7. The molecule has 8 heterocycles. The maximum Gasteiger partial charge on any atom is 0.155 e. The third kappa shape index (κ3) is 34.4. The van der Waals surface area contributed by atoms with Crippen LogP contribution in [-0.4, -0.2) is 45.8 Å². The Bertz CT molecular complexity index is 7210. The summed E-state index contributed by atoms with van der Waals surface area (Å²) in [5.41, 5.74) is 31.6. The van der Waals surface area contributed by atoms with Gasteiger partial charge in [0.05, 0.1) is 11.3 Å². The van der Waals surface area contributed by atoms with Gasteiger partial charge in [-0.15, -0.1) is 238 Å². The number of fused-ring (bicyclic) bond motifs is 4. The van der Waals surface area contributed by atoms with E-state index in [4.69, 9.17) is 10.1 Å². The van der Waals surface area contributed by atoms with Crippen molar-refractivity contribution >= 4 is 48.2 Å². The first kappa shape index (κ1) is 114. The summed E-state index contributed by atoms with van der Waals surface area (Å²) in [6.45, 7) is 33.3. The molecule has 12 aromatic carbocycles. The fraction of sp³-hybridized carbons (Fsp3) is 0.163. The van der Waals surface area contributed by atoms with E-state index in [1.165, 1.54) is 118 Å². The fourth-order valence-corrected chi connectivity index (χ4v) is 16.0. The van der Waals surface area contributed by atoms with Crippen molar-refractivity contribution < 1.29 is 90.3 Å². The second kappa shape index (κ2) is 55.6. The summed E-state index contributed by atoms with van der Waals surface area (Å²) in [5, 5.41) is 12.2. The van der Waals surface area contributed by atoms with Gasteiger partial charge in [0.15, 0.2) is 5.78 Å². The Morgan fingerprint density at radius 2 is 0.699 bits per heavy atom. The van der Waals surface area contributed by atoms with Gasteiger partial charge < -0.3 is 35.0 Å². The Labute approximate surface area is 905 Å². The number of aryl methyl sites for hydroxylation is 3. The van der Waals surface area contributed by atoms with E-state index in [2.05, 4.69) is 380 Å². The van der Waals surface area contributed by atoms with E-state index < -0.39 is 0 Å². The summed E-state index contributed by atoms with van der Waals surface area (Å²) in [4.78, 5) is 41.7. The number of nitrogens with zero attached hydrogens (tertiary/aromatic N) is 7. The van der Waals surface area contributed by atoms with Crippen molar-refractivity contribution in [3.8, 4) is 112 Å². The second-order valence-corrected chi connectivity index (χ2v) is 38.6. The van der Waals surface area contributed by atoms with Gasteiger partial charge in [0.1, 0.15) is 0 Å². The van der Waals surface area contributed by atoms with Crippen LogP contribution >= 0.6 is 11.3 Å². The predicted octanol–water partition coefficient (Wildman–Crippen LogP) is 33.4. The standard InChI is InChI=1S/C25H22N.C21H20N.C18H12NS.C18H14N.2C15H16N.C12H10N.C5H8O2.4Ir/c1-18(2)15-22-17-25(20-11-7-4-8-12-20)26-24-14-13-21(16-23(22)24)19-9-5-3-6-10-19;1-21(2,3)19-12-13-20(22-15-19)18-11-7-10-17(14-18)16-8-5-4-6-9-16;1-12-8-9-19-16(10-12)13-6-7-18-15(11-13)14-4-2-3-5-17(14)20-18;1-14-10-11-18(19-13-14)17-9-5-8-16(12-17)15-6-3-2-4-7-15;2*1-15(2,3)13-9-10-14(16-11-13)12-7-5-4-6-8-12;1-10-7-8-12(13-9-10)11-5-3-2-4-6-11;1-4(6)3-5(2)7;;;;/h3-11,13-14,16-18H,15H2,1-2H3;4-10,12-15H,1-3H3;2-5,7-11H,1H3;2-8,10-13H,1H3;2*4-7,9-11H,1-3H3;2-5,7-9H,1H3;3,6H,1-2H3;;;;/q7*-1;;;;;. The summed E-state index contributed by atoms with van der Waals surface area (Å²) >= 11 is 1.82. The Morgan fingerprint density at radius 1 is 0.322 bits per heavy atom. The number of carbonyl (C=O) groups excluding carboxylic acids is 1. The molecule has 9 nitrogen and oxygen atoms in total. The number of hydrogen-bond acceptors (Lipinski definition) is 10. The SMILES string of the molecule is CC(=O)C=C(C)O.CC(C)(C)c1ccc(-c2[c-]ccc(-c3ccccc3)c2)nc1.CC(C)(C)c1ccc(-c2[c-]cccc2)nc1.CC(C)(C)c1ccc(-c2[c-]cccc2)nc1.CC(C)Cc1cc(-c2[c-]cccc2)nc2ccc(-c3ccccc3)cc12.Cc1ccc(-c2[c-]ccc(-c3ccccc3)c2)nc1.Cc1ccc(-c2[c-]cccc2)nc1.Cc1ccnc(-c2[c-]cc3sc4ccccc4c3c2)c1.[Ir].[Ir].[Ir].[Ir]. The summed E-state index contributed by atoms with van der Waals surface area (Å²) in [6.07, 6.45) is 13.7. The van der Waals surface area contributed by atoms with Gasteiger partial charge in [0.25, 0.3) is 0 Å². The average Bonchev–Trinajstić information content (AvgIpc) is 1.71. The molecule has 0 atom stereocenters. The summed E-state index contributed by atoms with van der Waals surface area (Å²) < 4.78 is 2.60. The van der Waals surface area contributed by atoms with Gasteiger partial charge in [-0.3, -0.25) is 9.78 Å². The Balaban J connectivity index is 0.000000185. The van der Waals surface area contributed by atoms with Gasteiger partial charge in [-0.05, 0) is 193 Å². The molecule has 4 radical (unpaired) electrons. The minimum atomic E-state index is -0.125. The van der Waals surface area contributed by atoms with Crippen LogP contribution in [0, 0.1) is 69.2 Å². The third-order valence-corrected chi connectivity index (χ3v) is 23.7. The molecule has 0 bridgehead atoms. The van der Waals surface area contributed by atoms with Gasteiger partial charge >= 0.3 is 0 Å². The number of hydrogen-bond donors (Lipinski definition) is 1. The van der Waals surface area contributed by atoms with E-state index in [1.807, 2.05) is 196 Å². The van der Waals surface area contributed by atoms with Crippen molar-refractivity contribution in [2.24, 2.45) is 5.92 Å². The molecule has 0 aliphatic rings.